The Bertz CT molecular complexity index is 1260. The molecule has 32 heavy (non-hydrogen) atoms. The van der Waals surface area contributed by atoms with Crippen LogP contribution in [0.15, 0.2) is 72.3 Å². The number of nitrogens with zero attached hydrogens (tertiary/aromatic N) is 1. The van der Waals surface area contributed by atoms with Crippen LogP contribution in [0.3, 0.4) is 0 Å². The van der Waals surface area contributed by atoms with Crippen LogP contribution in [0, 0.1) is 11.6 Å². The van der Waals surface area contributed by atoms with E-state index < -0.39 is 35.1 Å². The van der Waals surface area contributed by atoms with Crippen molar-refractivity contribution in [1.29, 1.82) is 0 Å². The molecule has 0 radical (unpaired) electrons. The fraction of sp³-hybridized carbons (Fsp3) is 0.0833. The van der Waals surface area contributed by atoms with Crippen LogP contribution >= 0.6 is 11.6 Å². The number of hydrogen-bond acceptors (Lipinski definition) is 4. The molecule has 4 rings (SSSR count). The minimum Gasteiger partial charge on any atom is -0.507 e. The molecule has 162 valence electrons. The van der Waals surface area contributed by atoms with Gasteiger partial charge >= 0.3 is 0 Å². The third kappa shape index (κ3) is 3.61. The predicted octanol–water partition coefficient (Wildman–Crippen LogP) is 5.25. The Morgan fingerprint density at radius 1 is 1.03 bits per heavy atom. The number of aliphatic hydroxyl groups is 1. The first-order valence-electron chi connectivity index (χ1n) is 9.48. The molecule has 0 aromatic heterocycles. The molecule has 1 atom stereocenters. The maximum atomic E-state index is 13.9. The fourth-order valence-corrected chi connectivity index (χ4v) is 3.87. The van der Waals surface area contributed by atoms with Gasteiger partial charge in [-0.25, -0.2) is 8.78 Å². The first kappa shape index (κ1) is 21.5. The highest BCUT2D eigenvalue weighted by molar-refractivity contribution is 6.51. The lowest BCUT2D eigenvalue weighted by Gasteiger charge is -2.25. The molecule has 1 N–H and O–H groups in total. The minimum atomic E-state index is -1.06. The smallest absolute Gasteiger partial charge is 0.300 e. The van der Waals surface area contributed by atoms with Gasteiger partial charge in [-0.3, -0.25) is 14.5 Å². The third-order valence-electron chi connectivity index (χ3n) is 5.16. The van der Waals surface area contributed by atoms with Crippen molar-refractivity contribution >= 4 is 34.7 Å². The van der Waals surface area contributed by atoms with Gasteiger partial charge in [-0.1, -0.05) is 41.9 Å². The average Bonchev–Trinajstić information content (AvgIpc) is 3.06. The van der Waals surface area contributed by atoms with Crippen LogP contribution in [0.2, 0.25) is 5.02 Å². The number of hydrogen-bond donors (Lipinski definition) is 1. The number of ketones is 1. The van der Waals surface area contributed by atoms with E-state index in [9.17, 15) is 23.5 Å². The molecule has 1 amide bonds. The van der Waals surface area contributed by atoms with Gasteiger partial charge < -0.3 is 9.84 Å². The number of halogens is 3. The maximum Gasteiger partial charge on any atom is 0.300 e. The highest BCUT2D eigenvalue weighted by Gasteiger charge is 2.47. The zero-order chi connectivity index (χ0) is 23.0. The van der Waals surface area contributed by atoms with Crippen molar-refractivity contribution in [2.75, 3.05) is 12.0 Å². The van der Waals surface area contributed by atoms with Crippen LogP contribution in [0.1, 0.15) is 17.2 Å². The number of Topliss-reactive ketones (excluding diaryl/α,β-unsaturated/α-hetero) is 1. The lowest BCUT2D eigenvalue weighted by atomic mass is 9.95. The van der Waals surface area contributed by atoms with Crippen LogP contribution in [0.5, 0.6) is 5.75 Å². The first-order chi connectivity index (χ1) is 15.3. The lowest BCUT2D eigenvalue weighted by Crippen LogP contribution is -2.29. The molecule has 0 aliphatic carbocycles. The van der Waals surface area contributed by atoms with Gasteiger partial charge in [0.25, 0.3) is 11.7 Å². The van der Waals surface area contributed by atoms with Crippen LogP contribution in [-0.4, -0.2) is 23.9 Å². The highest BCUT2D eigenvalue weighted by atomic mass is 35.5. The molecule has 5 nitrogen and oxygen atoms in total. The van der Waals surface area contributed by atoms with Crippen molar-refractivity contribution in [3.05, 3.63) is 100 Å². The summed E-state index contributed by atoms with van der Waals surface area (Å²) in [7, 11) is 1.33. The van der Waals surface area contributed by atoms with Crippen molar-refractivity contribution in [3.8, 4) is 5.75 Å². The van der Waals surface area contributed by atoms with Crippen LogP contribution < -0.4 is 9.64 Å². The van der Waals surface area contributed by atoms with E-state index in [1.54, 1.807) is 30.3 Å². The molecule has 3 aromatic carbocycles. The zero-order valence-electron chi connectivity index (χ0n) is 16.7. The second-order valence-corrected chi connectivity index (χ2v) is 7.43. The summed E-state index contributed by atoms with van der Waals surface area (Å²) in [4.78, 5) is 27.2. The van der Waals surface area contributed by atoms with Gasteiger partial charge in [0.1, 0.15) is 23.1 Å². The Balaban J connectivity index is 1.98. The predicted molar refractivity (Wildman–Crippen MR) is 116 cm³/mol. The van der Waals surface area contributed by atoms with Crippen molar-refractivity contribution < 1.29 is 28.2 Å². The summed E-state index contributed by atoms with van der Waals surface area (Å²) in [5, 5.41) is 10.9. The topological polar surface area (TPSA) is 66.8 Å². The summed E-state index contributed by atoms with van der Waals surface area (Å²) in [6, 6.07) is 14.5. The Morgan fingerprint density at radius 2 is 1.75 bits per heavy atom. The molecule has 8 heteroatoms. The van der Waals surface area contributed by atoms with E-state index in [-0.39, 0.29) is 27.6 Å². The number of amides is 1. The van der Waals surface area contributed by atoms with Crippen molar-refractivity contribution in [3.63, 3.8) is 0 Å². The van der Waals surface area contributed by atoms with Crippen molar-refractivity contribution in [2.45, 2.75) is 6.04 Å². The molecular formula is C24H16ClF2NO4. The second kappa shape index (κ2) is 8.43. The Labute approximate surface area is 187 Å². The molecular weight excluding hydrogens is 440 g/mol. The van der Waals surface area contributed by atoms with E-state index in [0.717, 1.165) is 23.1 Å². The van der Waals surface area contributed by atoms with Gasteiger partial charge in [0.15, 0.2) is 0 Å². The Hall–Kier alpha value is -3.71. The number of anilines is 1. The zero-order valence-corrected chi connectivity index (χ0v) is 17.4. The van der Waals surface area contributed by atoms with E-state index in [1.165, 1.54) is 25.3 Å². The standard InChI is InChI=1S/C24H16ClF2NO4/c1-32-19-10-7-14(26)11-16(19)22(29)20-21(13-5-3-2-4-6-13)28(24(31)23(20)30)15-8-9-18(27)17(25)12-15/h2-12,21,29H,1H3/b22-20+. The fourth-order valence-electron chi connectivity index (χ4n) is 3.69. The van der Waals surface area contributed by atoms with Crippen LogP contribution in [-0.2, 0) is 9.59 Å². The van der Waals surface area contributed by atoms with Crippen LogP contribution in [0.25, 0.3) is 5.76 Å². The molecule has 1 aliphatic heterocycles. The number of ether oxygens (including phenoxy) is 1. The van der Waals surface area contributed by atoms with E-state index >= 15 is 0 Å². The molecule has 0 bridgehead atoms. The molecule has 1 saturated heterocycles. The van der Waals surface area contributed by atoms with Gasteiger partial charge in [-0.05, 0) is 42.0 Å². The van der Waals surface area contributed by atoms with Gasteiger partial charge in [-0.15, -0.1) is 0 Å². The number of carbonyl (C=O) groups excluding carboxylic acids is 2. The minimum absolute atomic E-state index is 0.0800. The summed E-state index contributed by atoms with van der Waals surface area (Å²) in [6.07, 6.45) is 0. The summed E-state index contributed by atoms with van der Waals surface area (Å²) >= 11 is 5.90. The molecule has 0 spiro atoms. The van der Waals surface area contributed by atoms with Gasteiger partial charge in [0.2, 0.25) is 0 Å². The number of rotatable bonds is 4. The number of aliphatic hydroxyl groups excluding tert-OH is 1. The largest absolute Gasteiger partial charge is 0.507 e. The lowest BCUT2D eigenvalue weighted by molar-refractivity contribution is -0.132. The van der Waals surface area contributed by atoms with Crippen LogP contribution in [0.4, 0.5) is 14.5 Å². The number of carbonyl (C=O) groups is 2. The Morgan fingerprint density at radius 3 is 2.41 bits per heavy atom. The SMILES string of the molecule is COc1ccc(F)cc1/C(O)=C1\C(=O)C(=O)N(c2ccc(F)c(Cl)c2)C1c1ccccc1. The monoisotopic (exact) mass is 455 g/mol. The summed E-state index contributed by atoms with van der Waals surface area (Å²) in [5.74, 6) is -3.76. The van der Waals surface area contributed by atoms with E-state index in [2.05, 4.69) is 0 Å². The first-order valence-corrected chi connectivity index (χ1v) is 9.86. The van der Waals surface area contributed by atoms with E-state index in [0.29, 0.717) is 5.56 Å². The van der Waals surface area contributed by atoms with Gasteiger partial charge in [0.05, 0.1) is 29.3 Å². The molecule has 3 aromatic rings. The maximum absolute atomic E-state index is 13.9. The Kier molecular flexibility index (Phi) is 5.67. The van der Waals surface area contributed by atoms with E-state index in [1.807, 2.05) is 0 Å². The van der Waals surface area contributed by atoms with Gasteiger partial charge in [0, 0.05) is 5.69 Å². The number of benzene rings is 3. The quantitative estimate of drug-likeness (QED) is 0.331. The van der Waals surface area contributed by atoms with Crippen molar-refractivity contribution in [1.82, 2.24) is 0 Å². The molecule has 1 fully saturated rings. The summed E-state index contributed by atoms with van der Waals surface area (Å²) < 4.78 is 32.9. The molecule has 1 aliphatic rings. The second-order valence-electron chi connectivity index (χ2n) is 7.02. The van der Waals surface area contributed by atoms with Crippen molar-refractivity contribution in [2.24, 2.45) is 0 Å². The summed E-state index contributed by atoms with van der Waals surface area (Å²) in [5.41, 5.74) is 0.329. The summed E-state index contributed by atoms with van der Waals surface area (Å²) in [6.45, 7) is 0. The molecule has 1 heterocycles. The highest BCUT2D eigenvalue weighted by Crippen LogP contribution is 2.43. The normalized spacial score (nSPS) is 17.6. The molecule has 1 unspecified atom stereocenters. The third-order valence-corrected chi connectivity index (χ3v) is 5.45. The van der Waals surface area contributed by atoms with E-state index in [4.69, 9.17) is 16.3 Å². The number of methoxy groups -OCH3 is 1. The molecule has 0 saturated carbocycles. The average molecular weight is 456 g/mol. The van der Waals surface area contributed by atoms with Gasteiger partial charge in [-0.2, -0.15) is 0 Å².